The third-order valence-corrected chi connectivity index (χ3v) is 3.73. The maximum Gasteiger partial charge on any atom is 0.335 e. The van der Waals surface area contributed by atoms with Crippen LogP contribution in [0.3, 0.4) is 0 Å². The molecule has 3 N–H and O–H groups in total. The second-order valence-corrected chi connectivity index (χ2v) is 5.69. The maximum absolute atomic E-state index is 10.8. The van der Waals surface area contributed by atoms with Gasteiger partial charge < -0.3 is 10.8 Å². The van der Waals surface area contributed by atoms with Crippen LogP contribution in [-0.4, -0.2) is 16.1 Å². The molecule has 0 saturated carbocycles. The Hall–Kier alpha value is -2.80. The van der Waals surface area contributed by atoms with E-state index in [2.05, 4.69) is 31.1 Å². The Morgan fingerprint density at radius 2 is 1.87 bits per heavy atom. The van der Waals surface area contributed by atoms with Crippen LogP contribution >= 0.6 is 15.9 Å². The lowest BCUT2D eigenvalue weighted by molar-refractivity contribution is 0.0697. The van der Waals surface area contributed by atoms with Crippen molar-refractivity contribution in [2.45, 2.75) is 0 Å². The van der Waals surface area contributed by atoms with Gasteiger partial charge in [0.15, 0.2) is 5.82 Å². The monoisotopic (exact) mass is 370 g/mol. The summed E-state index contributed by atoms with van der Waals surface area (Å²) in [5.74, 6) is -0.706. The first-order valence-electron chi connectivity index (χ1n) is 6.63. The van der Waals surface area contributed by atoms with Crippen molar-refractivity contribution in [3.63, 3.8) is 0 Å². The Kier molecular flexibility index (Phi) is 4.03. The number of azo groups is 1. The van der Waals surface area contributed by atoms with Crippen LogP contribution in [0, 0.1) is 0 Å². The quantitative estimate of drug-likeness (QED) is 0.652. The van der Waals surface area contributed by atoms with Gasteiger partial charge in [-0.15, -0.1) is 5.11 Å². The Balaban J connectivity index is 2.01. The van der Waals surface area contributed by atoms with Crippen molar-refractivity contribution in [2.24, 2.45) is 10.2 Å². The summed E-state index contributed by atoms with van der Waals surface area (Å²) < 4.78 is 0.901. The van der Waals surface area contributed by atoms with E-state index in [1.54, 1.807) is 18.3 Å². The van der Waals surface area contributed by atoms with Gasteiger partial charge in [-0.1, -0.05) is 22.0 Å². The van der Waals surface area contributed by atoms with E-state index in [1.807, 2.05) is 18.2 Å². The topological polar surface area (TPSA) is 101 Å². The average molecular weight is 371 g/mol. The van der Waals surface area contributed by atoms with Crippen LogP contribution in [0.4, 0.5) is 17.2 Å². The van der Waals surface area contributed by atoms with Crippen molar-refractivity contribution in [1.82, 2.24) is 4.98 Å². The highest BCUT2D eigenvalue weighted by Gasteiger charge is 2.07. The minimum atomic E-state index is -0.985. The third kappa shape index (κ3) is 3.19. The van der Waals surface area contributed by atoms with Gasteiger partial charge in [0, 0.05) is 21.4 Å². The number of aromatic nitrogens is 1. The first-order valence-corrected chi connectivity index (χ1v) is 7.43. The molecule has 114 valence electrons. The molecule has 0 radical (unpaired) electrons. The number of fused-ring (bicyclic) bond motifs is 1. The molecule has 0 aliphatic rings. The lowest BCUT2D eigenvalue weighted by Crippen LogP contribution is -1.94. The summed E-state index contributed by atoms with van der Waals surface area (Å²) in [4.78, 5) is 14.9. The van der Waals surface area contributed by atoms with Gasteiger partial charge in [0.05, 0.1) is 11.3 Å². The third-order valence-electron chi connectivity index (χ3n) is 3.24. The fourth-order valence-electron chi connectivity index (χ4n) is 2.07. The number of halogens is 1. The smallest absolute Gasteiger partial charge is 0.335 e. The van der Waals surface area contributed by atoms with Gasteiger partial charge in [-0.05, 0) is 36.4 Å². The van der Waals surface area contributed by atoms with Crippen molar-refractivity contribution in [3.8, 4) is 0 Å². The number of benzene rings is 2. The lowest BCUT2D eigenvalue weighted by atomic mass is 10.1. The lowest BCUT2D eigenvalue weighted by Gasteiger charge is -2.04. The van der Waals surface area contributed by atoms with Crippen LogP contribution in [-0.2, 0) is 0 Å². The summed E-state index contributed by atoms with van der Waals surface area (Å²) in [6.07, 6.45) is 1.68. The molecule has 0 bridgehead atoms. The number of hydrogen-bond donors (Lipinski definition) is 2. The molecule has 6 nitrogen and oxygen atoms in total. The molecule has 1 heterocycles. The van der Waals surface area contributed by atoms with Crippen molar-refractivity contribution >= 4 is 49.9 Å². The Labute approximate surface area is 139 Å². The van der Waals surface area contributed by atoms with Crippen molar-refractivity contribution in [1.29, 1.82) is 0 Å². The zero-order valence-corrected chi connectivity index (χ0v) is 13.4. The molecule has 0 aliphatic carbocycles. The van der Waals surface area contributed by atoms with Gasteiger partial charge in [-0.3, -0.25) is 0 Å². The number of nitrogen functional groups attached to an aromatic ring is 1. The fourth-order valence-corrected chi connectivity index (χ4v) is 2.43. The van der Waals surface area contributed by atoms with Gasteiger partial charge in [0.25, 0.3) is 0 Å². The van der Waals surface area contributed by atoms with Crippen LogP contribution in [0.25, 0.3) is 10.8 Å². The first kappa shape index (κ1) is 15.1. The Morgan fingerprint density at radius 1 is 1.13 bits per heavy atom. The standard InChI is InChI=1S/C16H11BrN4O2/c17-11-4-1-10-8-19-15(18)14(13(10)7-11)21-20-12-5-2-9(3-6-12)16(22)23/h1-8H,(H2,18,19)(H,22,23). The summed E-state index contributed by atoms with van der Waals surface area (Å²) in [6, 6.07) is 11.8. The molecular weight excluding hydrogens is 360 g/mol. The van der Waals surface area contributed by atoms with Gasteiger partial charge in [-0.25, -0.2) is 9.78 Å². The minimum absolute atomic E-state index is 0.194. The summed E-state index contributed by atoms with van der Waals surface area (Å²) in [5, 5.41) is 18.9. The van der Waals surface area contributed by atoms with Gasteiger partial charge in [0.1, 0.15) is 5.69 Å². The molecule has 0 amide bonds. The average Bonchev–Trinajstić information content (AvgIpc) is 2.54. The SMILES string of the molecule is Nc1ncc2ccc(Br)cc2c1N=Nc1ccc(C(=O)O)cc1. The van der Waals surface area contributed by atoms with Crippen LogP contribution in [0.1, 0.15) is 10.4 Å². The molecular formula is C16H11BrN4O2. The molecule has 3 rings (SSSR count). The highest BCUT2D eigenvalue weighted by atomic mass is 79.9. The molecule has 0 fully saturated rings. The van der Waals surface area contributed by atoms with E-state index in [0.29, 0.717) is 11.4 Å². The number of carboxylic acid groups (broad SMARTS) is 1. The van der Waals surface area contributed by atoms with Crippen molar-refractivity contribution < 1.29 is 9.90 Å². The van der Waals surface area contributed by atoms with Gasteiger partial charge >= 0.3 is 5.97 Å². The maximum atomic E-state index is 10.8. The molecule has 1 aromatic heterocycles. The molecule has 7 heteroatoms. The molecule has 0 saturated heterocycles. The van der Waals surface area contributed by atoms with Crippen LogP contribution in [0.2, 0.25) is 0 Å². The number of hydrogen-bond acceptors (Lipinski definition) is 5. The van der Waals surface area contributed by atoms with Gasteiger partial charge in [-0.2, -0.15) is 5.11 Å². The number of aromatic carboxylic acids is 1. The Morgan fingerprint density at radius 3 is 2.57 bits per heavy atom. The molecule has 0 atom stereocenters. The van der Waals surface area contributed by atoms with E-state index in [9.17, 15) is 4.79 Å². The summed E-state index contributed by atoms with van der Waals surface area (Å²) in [6.45, 7) is 0. The zero-order valence-electron chi connectivity index (χ0n) is 11.8. The fraction of sp³-hybridized carbons (Fsp3) is 0. The van der Waals surface area contributed by atoms with Crippen LogP contribution in [0.15, 0.2) is 63.4 Å². The number of rotatable bonds is 3. The van der Waals surface area contributed by atoms with E-state index in [1.165, 1.54) is 12.1 Å². The number of carbonyl (C=O) groups is 1. The van der Waals surface area contributed by atoms with E-state index in [4.69, 9.17) is 10.8 Å². The Bertz CT molecular complexity index is 918. The van der Waals surface area contributed by atoms with Gasteiger partial charge in [0.2, 0.25) is 0 Å². The van der Waals surface area contributed by atoms with Crippen LogP contribution < -0.4 is 5.73 Å². The van der Waals surface area contributed by atoms with E-state index in [0.717, 1.165) is 15.2 Å². The zero-order chi connectivity index (χ0) is 16.4. The molecule has 3 aromatic rings. The number of nitrogens with two attached hydrogens (primary N) is 1. The molecule has 0 aliphatic heterocycles. The minimum Gasteiger partial charge on any atom is -0.478 e. The molecule has 0 spiro atoms. The van der Waals surface area contributed by atoms with Crippen molar-refractivity contribution in [3.05, 3.63) is 58.7 Å². The van der Waals surface area contributed by atoms with E-state index in [-0.39, 0.29) is 11.4 Å². The number of pyridine rings is 1. The second-order valence-electron chi connectivity index (χ2n) is 4.78. The van der Waals surface area contributed by atoms with E-state index >= 15 is 0 Å². The number of anilines is 1. The summed E-state index contributed by atoms with van der Waals surface area (Å²) in [7, 11) is 0. The number of carboxylic acids is 1. The summed E-state index contributed by atoms with van der Waals surface area (Å²) >= 11 is 3.42. The van der Waals surface area contributed by atoms with E-state index < -0.39 is 5.97 Å². The first-order chi connectivity index (χ1) is 11.0. The van der Waals surface area contributed by atoms with Crippen LogP contribution in [0.5, 0.6) is 0 Å². The molecule has 0 unspecified atom stereocenters. The summed E-state index contributed by atoms with van der Waals surface area (Å²) in [5.41, 5.74) is 7.11. The predicted molar refractivity (Wildman–Crippen MR) is 91.4 cm³/mol. The largest absolute Gasteiger partial charge is 0.478 e. The highest BCUT2D eigenvalue weighted by molar-refractivity contribution is 9.10. The normalized spacial score (nSPS) is 11.2. The molecule has 23 heavy (non-hydrogen) atoms. The number of nitrogens with zero attached hydrogens (tertiary/aromatic N) is 3. The molecule has 2 aromatic carbocycles. The second kappa shape index (κ2) is 6.13. The highest BCUT2D eigenvalue weighted by Crippen LogP contribution is 2.33. The predicted octanol–water partition coefficient (Wildman–Crippen LogP) is 4.69. The van der Waals surface area contributed by atoms with Crippen molar-refractivity contribution in [2.75, 3.05) is 5.73 Å².